The minimum Gasteiger partial charge on any atom is -0.512 e. The fourth-order valence-corrected chi connectivity index (χ4v) is 7.69. The van der Waals surface area contributed by atoms with Crippen LogP contribution in [0.15, 0.2) is 54.4 Å². The summed E-state index contributed by atoms with van der Waals surface area (Å²) in [6, 6.07) is 16.6. The van der Waals surface area contributed by atoms with Gasteiger partial charge in [0, 0.05) is 60.9 Å². The van der Waals surface area contributed by atoms with Crippen LogP contribution in [0.3, 0.4) is 0 Å². The van der Waals surface area contributed by atoms with Gasteiger partial charge in [0.2, 0.25) is 0 Å². The number of ketones is 1. The number of aryl methyl sites for hydroxylation is 1. The molecule has 0 saturated heterocycles. The molecule has 3 aromatic carbocycles. The first kappa shape index (κ1) is 32.4. The molecule has 1 saturated carbocycles. The van der Waals surface area contributed by atoms with Crippen LogP contribution in [0, 0.1) is 24.8 Å². The molecule has 2 heterocycles. The Morgan fingerprint density at radius 2 is 1.64 bits per heavy atom. The van der Waals surface area contributed by atoms with Crippen LogP contribution >= 0.6 is 0 Å². The van der Waals surface area contributed by atoms with Crippen molar-refractivity contribution < 1.29 is 34.7 Å². The molecule has 44 heavy (non-hydrogen) atoms. The van der Waals surface area contributed by atoms with Gasteiger partial charge in [0.05, 0.1) is 11.5 Å². The van der Waals surface area contributed by atoms with E-state index in [0.717, 1.165) is 53.8 Å². The molecule has 8 rings (SSSR count). The van der Waals surface area contributed by atoms with Gasteiger partial charge in [-0.3, -0.25) is 9.78 Å². The van der Waals surface area contributed by atoms with E-state index in [1.54, 1.807) is 0 Å². The number of pyridine rings is 1. The molecule has 2 bridgehead atoms. The summed E-state index contributed by atoms with van der Waals surface area (Å²) < 4.78 is 6.77. The number of aliphatic hydroxyl groups excluding tert-OH is 1. The van der Waals surface area contributed by atoms with E-state index in [4.69, 9.17) is 9.72 Å². The smallest absolute Gasteiger partial charge is 0.162 e. The Bertz CT molecular complexity index is 1710. The fourth-order valence-electron chi connectivity index (χ4n) is 7.69. The minimum absolute atomic E-state index is 0. The predicted octanol–water partition coefficient (Wildman–Crippen LogP) is 10.9. The van der Waals surface area contributed by atoms with Crippen molar-refractivity contribution >= 4 is 27.3 Å². The average molecular weight is 767 g/mol. The van der Waals surface area contributed by atoms with E-state index in [2.05, 4.69) is 49.4 Å². The molecular weight excluding hydrogens is 723 g/mol. The van der Waals surface area contributed by atoms with Crippen molar-refractivity contribution in [3.05, 3.63) is 77.2 Å². The maximum Gasteiger partial charge on any atom is 0.162 e. The number of rotatable bonds is 7. The molecule has 1 radical (unpaired) electrons. The summed E-state index contributed by atoms with van der Waals surface area (Å²) >= 11 is 0. The number of hydrogen-bond acceptors (Lipinski definition) is 4. The van der Waals surface area contributed by atoms with Crippen molar-refractivity contribution in [3.63, 3.8) is 0 Å². The molecule has 4 aromatic rings. The van der Waals surface area contributed by atoms with Gasteiger partial charge in [-0.05, 0) is 87.1 Å². The summed E-state index contributed by atoms with van der Waals surface area (Å²) in [4.78, 5) is 16.5. The molecule has 0 unspecified atom stereocenters. The van der Waals surface area contributed by atoms with E-state index in [-0.39, 0.29) is 43.5 Å². The summed E-state index contributed by atoms with van der Waals surface area (Å²) in [5.74, 6) is 3.92. The van der Waals surface area contributed by atoms with Crippen LogP contribution in [0.2, 0.25) is 0 Å². The molecule has 0 atom stereocenters. The fraction of sp³-hybridized carbons (Fsp3) is 0.436. The average Bonchev–Trinajstić information content (AvgIpc) is 3.03. The molecular formula is C39H44IrNO3-. The predicted molar refractivity (Wildman–Crippen MR) is 176 cm³/mol. The van der Waals surface area contributed by atoms with Gasteiger partial charge >= 0.3 is 0 Å². The molecule has 4 nitrogen and oxygen atoms in total. The molecule has 0 amide bonds. The van der Waals surface area contributed by atoms with Crippen LogP contribution in [0.5, 0.6) is 11.5 Å². The maximum absolute atomic E-state index is 11.7. The van der Waals surface area contributed by atoms with Crippen LogP contribution < -0.4 is 4.74 Å². The molecule has 3 aliphatic carbocycles. The second-order valence-corrected chi connectivity index (χ2v) is 12.6. The van der Waals surface area contributed by atoms with Gasteiger partial charge in [-0.15, -0.1) is 17.5 Å². The zero-order chi connectivity index (χ0) is 30.2. The van der Waals surface area contributed by atoms with Crippen LogP contribution in [0.1, 0.15) is 108 Å². The number of ether oxygens (including phenoxy) is 1. The standard InChI is InChI=1S/C26H20NO.C13H24O2.Ir/c1-14-19-5-3-2-4-17(19)12-21-24-23-18(10-11-27-24)13-20-15-6-8-16(9-7-15)22(20)26(23)28-25(14)21;1-5-10(6-2)12(14)9-13(15)11(7-3)8-4;/h2-5,10-11,13,15-16H,6-9H2,1H3;9-11,14H,5-8H2,1-4H3;/q-1;;/b;12-9-;. The van der Waals surface area contributed by atoms with Crippen molar-refractivity contribution in [2.75, 3.05) is 0 Å². The maximum atomic E-state index is 11.7. The molecule has 1 aromatic heterocycles. The Morgan fingerprint density at radius 1 is 0.977 bits per heavy atom. The number of aromatic nitrogens is 1. The quantitative estimate of drug-likeness (QED) is 0.102. The number of fused-ring (bicyclic) bond motifs is 5. The zero-order valence-corrected chi connectivity index (χ0v) is 29.0. The summed E-state index contributed by atoms with van der Waals surface area (Å²) in [5.41, 5.74) is 6.24. The third-order valence-electron chi connectivity index (χ3n) is 10.3. The van der Waals surface area contributed by atoms with Gasteiger partial charge in [-0.25, -0.2) is 0 Å². The Balaban J connectivity index is 0.000000209. The molecule has 233 valence electrons. The van der Waals surface area contributed by atoms with Gasteiger partial charge in [0.15, 0.2) is 5.78 Å². The van der Waals surface area contributed by atoms with Crippen molar-refractivity contribution in [1.29, 1.82) is 0 Å². The number of benzene rings is 3. The summed E-state index contributed by atoms with van der Waals surface area (Å²) in [7, 11) is 0. The van der Waals surface area contributed by atoms with Crippen molar-refractivity contribution in [3.8, 4) is 22.8 Å². The normalized spacial score (nSPS) is 17.9. The molecule has 5 heteroatoms. The number of hydrogen-bond donors (Lipinski definition) is 1. The first-order chi connectivity index (χ1) is 20.9. The Morgan fingerprint density at radius 3 is 2.32 bits per heavy atom. The topological polar surface area (TPSA) is 59.4 Å². The van der Waals surface area contributed by atoms with E-state index in [1.165, 1.54) is 64.6 Å². The molecule has 1 fully saturated rings. The zero-order valence-electron chi connectivity index (χ0n) is 26.6. The van der Waals surface area contributed by atoms with Crippen LogP contribution in [0.4, 0.5) is 0 Å². The number of carbonyl (C=O) groups excluding carboxylic acids is 1. The summed E-state index contributed by atoms with van der Waals surface area (Å²) in [6.07, 6.45) is 12.1. The minimum atomic E-state index is 0. The van der Waals surface area contributed by atoms with Gasteiger partial charge in [-0.1, -0.05) is 68.5 Å². The van der Waals surface area contributed by atoms with Crippen molar-refractivity contribution in [2.45, 2.75) is 97.8 Å². The molecule has 1 aliphatic heterocycles. The van der Waals surface area contributed by atoms with E-state index in [9.17, 15) is 9.90 Å². The molecule has 0 spiro atoms. The number of nitrogens with zero attached hydrogens (tertiary/aromatic N) is 1. The van der Waals surface area contributed by atoms with Gasteiger partial charge in [0.1, 0.15) is 5.75 Å². The Hall–Kier alpha value is -3.01. The first-order valence-corrected chi connectivity index (χ1v) is 16.4. The second-order valence-electron chi connectivity index (χ2n) is 12.6. The van der Waals surface area contributed by atoms with Crippen LogP contribution in [0.25, 0.3) is 32.8 Å². The van der Waals surface area contributed by atoms with Crippen molar-refractivity contribution in [1.82, 2.24) is 4.98 Å². The van der Waals surface area contributed by atoms with Gasteiger partial charge in [0.25, 0.3) is 0 Å². The van der Waals surface area contributed by atoms with E-state index < -0.39 is 0 Å². The molecule has 1 N–H and O–H groups in total. The molecule has 4 aliphatic rings. The number of aliphatic hydroxyl groups is 1. The van der Waals surface area contributed by atoms with Crippen molar-refractivity contribution in [2.24, 2.45) is 11.8 Å². The summed E-state index contributed by atoms with van der Waals surface area (Å²) in [6.45, 7) is 10.2. The second kappa shape index (κ2) is 13.5. The monoisotopic (exact) mass is 767 g/mol. The van der Waals surface area contributed by atoms with E-state index in [1.807, 2.05) is 33.9 Å². The van der Waals surface area contributed by atoms with E-state index >= 15 is 0 Å². The van der Waals surface area contributed by atoms with Crippen LogP contribution in [-0.2, 0) is 24.9 Å². The van der Waals surface area contributed by atoms with E-state index in [0.29, 0.717) is 11.8 Å². The SMILES string of the molecule is CCC(CC)C(=O)/C=C(\O)C(CC)CC.Cc1c2c([c-]c3ccccc13)-c1nccc3cc4c(c(c13)O2)C1CCC4CC1.[Ir]. The number of carbonyl (C=O) groups is 1. The number of allylic oxidation sites excluding steroid dienone is 2. The van der Waals surface area contributed by atoms with Gasteiger partial charge < -0.3 is 9.84 Å². The first-order valence-electron chi connectivity index (χ1n) is 16.4. The Labute approximate surface area is 275 Å². The van der Waals surface area contributed by atoms with Gasteiger partial charge in [-0.2, -0.15) is 0 Å². The largest absolute Gasteiger partial charge is 0.512 e. The Kier molecular flexibility index (Phi) is 9.97. The third-order valence-corrected chi connectivity index (χ3v) is 10.3. The summed E-state index contributed by atoms with van der Waals surface area (Å²) in [5, 5.41) is 14.5. The third kappa shape index (κ3) is 5.63. The van der Waals surface area contributed by atoms with Crippen LogP contribution in [-0.4, -0.2) is 15.9 Å².